The molecule has 0 unspecified atom stereocenters. The van der Waals surface area contributed by atoms with Crippen LogP contribution in [0.3, 0.4) is 0 Å². The maximum atomic E-state index is 12.2. The summed E-state index contributed by atoms with van der Waals surface area (Å²) in [6.45, 7) is 18.2. The van der Waals surface area contributed by atoms with Gasteiger partial charge in [-0.25, -0.2) is 0 Å². The van der Waals surface area contributed by atoms with E-state index < -0.39 is 0 Å². The lowest BCUT2D eigenvalue weighted by Crippen LogP contribution is -2.26. The third-order valence-electron chi connectivity index (χ3n) is 7.11. The standard InChI is InChI=1S/C35H58N2O6/c1-7-40-23-17-33(38)36-19-10-21-41-24-26-43-27-25-42-22-11-20-37-34(39)28-30(3)13-8-12-29(2)15-16-32-31(4)14-9-18-35(32,5)6/h8,12-13,15-16,28H,7,9-11,14,17-27H2,1-6H3,(H,36,38)(H,37,39)/b13-8+,16-15+,29-12+,30-28+. The van der Waals surface area contributed by atoms with Gasteiger partial charge in [-0.2, -0.15) is 0 Å². The minimum atomic E-state index is -0.100. The molecule has 0 heterocycles. The van der Waals surface area contributed by atoms with E-state index >= 15 is 0 Å². The van der Waals surface area contributed by atoms with E-state index in [1.165, 1.54) is 36.0 Å². The van der Waals surface area contributed by atoms with Gasteiger partial charge < -0.3 is 29.6 Å². The molecule has 1 aliphatic carbocycles. The van der Waals surface area contributed by atoms with Crippen LogP contribution in [0.4, 0.5) is 0 Å². The summed E-state index contributed by atoms with van der Waals surface area (Å²) in [5.74, 6) is -0.0967. The lowest BCUT2D eigenvalue weighted by molar-refractivity contribution is -0.122. The van der Waals surface area contributed by atoms with Gasteiger partial charge in [-0.3, -0.25) is 9.59 Å². The first-order chi connectivity index (χ1) is 20.7. The molecule has 0 atom stereocenters. The minimum absolute atomic E-state index is 0.00332. The summed E-state index contributed by atoms with van der Waals surface area (Å²) >= 11 is 0. The third kappa shape index (κ3) is 20.1. The van der Waals surface area contributed by atoms with Crippen molar-refractivity contribution in [2.24, 2.45) is 5.41 Å². The number of carbonyl (C=O) groups excluding carboxylic acids is 2. The fourth-order valence-corrected chi connectivity index (χ4v) is 4.67. The molecular formula is C35H58N2O6. The van der Waals surface area contributed by atoms with E-state index in [0.29, 0.717) is 72.4 Å². The highest BCUT2D eigenvalue weighted by atomic mass is 16.5. The van der Waals surface area contributed by atoms with Gasteiger partial charge in [-0.05, 0) is 76.4 Å². The molecule has 0 aliphatic heterocycles. The van der Waals surface area contributed by atoms with Crippen LogP contribution in [0.1, 0.15) is 80.1 Å². The summed E-state index contributed by atoms with van der Waals surface area (Å²) in [5.41, 5.74) is 5.28. The monoisotopic (exact) mass is 602 g/mol. The summed E-state index contributed by atoms with van der Waals surface area (Å²) in [4.78, 5) is 23.7. The summed E-state index contributed by atoms with van der Waals surface area (Å²) in [7, 11) is 0. The van der Waals surface area contributed by atoms with Crippen LogP contribution in [-0.2, 0) is 28.5 Å². The summed E-state index contributed by atoms with van der Waals surface area (Å²) in [5, 5.41) is 5.74. The zero-order chi connectivity index (χ0) is 31.8. The predicted octanol–water partition coefficient (Wildman–Crippen LogP) is 6.01. The lowest BCUT2D eigenvalue weighted by atomic mass is 9.72. The highest BCUT2D eigenvalue weighted by Crippen LogP contribution is 2.40. The number of amides is 2. The summed E-state index contributed by atoms with van der Waals surface area (Å²) in [6.07, 6.45) is 17.7. The Labute approximate surface area is 261 Å². The number of allylic oxidation sites excluding steroid dienone is 9. The molecule has 0 saturated heterocycles. The average molecular weight is 603 g/mol. The second kappa shape index (κ2) is 23.9. The molecule has 1 rings (SSSR count). The Bertz CT molecular complexity index is 961. The number of ether oxygens (including phenoxy) is 4. The van der Waals surface area contributed by atoms with Crippen molar-refractivity contribution in [1.29, 1.82) is 0 Å². The summed E-state index contributed by atoms with van der Waals surface area (Å²) in [6, 6.07) is 0. The largest absolute Gasteiger partial charge is 0.381 e. The van der Waals surface area contributed by atoms with E-state index in [0.717, 1.165) is 18.4 Å². The molecule has 0 saturated carbocycles. The SMILES string of the molecule is CCOCCC(=O)NCCCOCCOCCOCCCNC(=O)/C=C(C)/C=C/C=C(C)/C=C/C1=C(C)CCCC1(C)C. The zero-order valence-electron chi connectivity index (χ0n) is 27.7. The smallest absolute Gasteiger partial charge is 0.244 e. The van der Waals surface area contributed by atoms with Crippen molar-refractivity contribution in [1.82, 2.24) is 10.6 Å². The number of carbonyl (C=O) groups is 2. The van der Waals surface area contributed by atoms with Crippen LogP contribution >= 0.6 is 0 Å². The average Bonchev–Trinajstić information content (AvgIpc) is 2.94. The van der Waals surface area contributed by atoms with Gasteiger partial charge in [0.05, 0.1) is 33.0 Å². The second-order valence-electron chi connectivity index (χ2n) is 11.6. The van der Waals surface area contributed by atoms with Crippen molar-refractivity contribution in [2.45, 2.75) is 80.1 Å². The van der Waals surface area contributed by atoms with Crippen molar-refractivity contribution in [3.63, 3.8) is 0 Å². The van der Waals surface area contributed by atoms with Gasteiger partial charge >= 0.3 is 0 Å². The van der Waals surface area contributed by atoms with Crippen LogP contribution in [0.15, 0.2) is 58.7 Å². The van der Waals surface area contributed by atoms with Gasteiger partial charge in [-0.1, -0.05) is 55.4 Å². The number of rotatable bonds is 23. The van der Waals surface area contributed by atoms with Gasteiger partial charge in [0.15, 0.2) is 0 Å². The van der Waals surface area contributed by atoms with E-state index in [-0.39, 0.29) is 17.2 Å². The number of nitrogens with one attached hydrogen (secondary N) is 2. The molecule has 8 heteroatoms. The van der Waals surface area contributed by atoms with E-state index in [1.807, 2.05) is 26.0 Å². The van der Waals surface area contributed by atoms with Crippen LogP contribution in [0.5, 0.6) is 0 Å². The minimum Gasteiger partial charge on any atom is -0.381 e. The molecule has 244 valence electrons. The Morgan fingerprint density at radius 1 is 0.837 bits per heavy atom. The number of hydrogen-bond donors (Lipinski definition) is 2. The van der Waals surface area contributed by atoms with Crippen LogP contribution in [0.2, 0.25) is 0 Å². The van der Waals surface area contributed by atoms with Crippen LogP contribution in [0.25, 0.3) is 0 Å². The predicted molar refractivity (Wildman–Crippen MR) is 175 cm³/mol. The Kier molecular flexibility index (Phi) is 21.4. The molecular weight excluding hydrogens is 544 g/mol. The van der Waals surface area contributed by atoms with Crippen LogP contribution < -0.4 is 10.6 Å². The molecule has 0 aromatic carbocycles. The second-order valence-corrected chi connectivity index (χ2v) is 11.6. The Balaban J connectivity index is 2.05. The molecule has 2 N–H and O–H groups in total. The zero-order valence-corrected chi connectivity index (χ0v) is 27.7. The molecule has 1 aliphatic rings. The first kappa shape index (κ1) is 38.5. The normalized spacial score (nSPS) is 16.0. The quantitative estimate of drug-likeness (QED) is 0.0846. The van der Waals surface area contributed by atoms with Crippen molar-refractivity contribution in [2.75, 3.05) is 65.9 Å². The first-order valence-corrected chi connectivity index (χ1v) is 15.9. The maximum Gasteiger partial charge on any atom is 0.244 e. The molecule has 43 heavy (non-hydrogen) atoms. The third-order valence-corrected chi connectivity index (χ3v) is 7.11. The van der Waals surface area contributed by atoms with Crippen LogP contribution in [-0.4, -0.2) is 77.8 Å². The van der Waals surface area contributed by atoms with E-state index in [2.05, 4.69) is 56.6 Å². The fraction of sp³-hybridized carbons (Fsp3) is 0.657. The van der Waals surface area contributed by atoms with Gasteiger partial charge in [0, 0.05) is 45.4 Å². The van der Waals surface area contributed by atoms with E-state index in [1.54, 1.807) is 6.08 Å². The van der Waals surface area contributed by atoms with Gasteiger partial charge in [-0.15, -0.1) is 0 Å². The van der Waals surface area contributed by atoms with Gasteiger partial charge in [0.1, 0.15) is 0 Å². The van der Waals surface area contributed by atoms with Crippen LogP contribution in [0, 0.1) is 5.41 Å². The lowest BCUT2D eigenvalue weighted by Gasteiger charge is -2.32. The van der Waals surface area contributed by atoms with Crippen molar-refractivity contribution in [3.8, 4) is 0 Å². The fourth-order valence-electron chi connectivity index (χ4n) is 4.67. The van der Waals surface area contributed by atoms with E-state index in [9.17, 15) is 9.59 Å². The van der Waals surface area contributed by atoms with Crippen molar-refractivity contribution in [3.05, 3.63) is 58.7 Å². The van der Waals surface area contributed by atoms with Gasteiger partial charge in [0.2, 0.25) is 11.8 Å². The highest BCUT2D eigenvalue weighted by molar-refractivity contribution is 5.88. The Hall–Kier alpha value is -2.52. The molecule has 0 aromatic heterocycles. The molecule has 2 amide bonds. The van der Waals surface area contributed by atoms with E-state index in [4.69, 9.17) is 18.9 Å². The first-order valence-electron chi connectivity index (χ1n) is 15.9. The molecule has 0 bridgehead atoms. The van der Waals surface area contributed by atoms with Crippen molar-refractivity contribution >= 4 is 11.8 Å². The molecule has 0 spiro atoms. The molecule has 8 nitrogen and oxygen atoms in total. The Morgan fingerprint density at radius 2 is 1.47 bits per heavy atom. The highest BCUT2D eigenvalue weighted by Gasteiger charge is 2.26. The Morgan fingerprint density at radius 3 is 2.09 bits per heavy atom. The summed E-state index contributed by atoms with van der Waals surface area (Å²) < 4.78 is 21.7. The molecule has 0 aromatic rings. The topological polar surface area (TPSA) is 95.1 Å². The van der Waals surface area contributed by atoms with Gasteiger partial charge in [0.25, 0.3) is 0 Å². The molecule has 0 fully saturated rings. The number of hydrogen-bond acceptors (Lipinski definition) is 6. The maximum absolute atomic E-state index is 12.2. The van der Waals surface area contributed by atoms with Crippen molar-refractivity contribution < 1.29 is 28.5 Å². The molecule has 0 radical (unpaired) electrons.